The molecule has 2 aromatic carbocycles. The first-order valence-corrected chi connectivity index (χ1v) is 15.5. The van der Waals surface area contributed by atoms with Crippen LogP contribution in [0.1, 0.15) is 37.7 Å². The molecule has 10 heteroatoms. The van der Waals surface area contributed by atoms with Gasteiger partial charge in [-0.25, -0.2) is 0 Å². The summed E-state index contributed by atoms with van der Waals surface area (Å²) < 4.78 is 16.3. The van der Waals surface area contributed by atoms with E-state index in [4.69, 9.17) is 14.2 Å². The van der Waals surface area contributed by atoms with Crippen LogP contribution >= 0.6 is 0 Å². The van der Waals surface area contributed by atoms with Crippen molar-refractivity contribution in [1.82, 2.24) is 15.5 Å². The third-order valence-electron chi connectivity index (χ3n) is 9.10. The molecule has 0 bridgehead atoms. The fraction of sp³-hybridized carbons (Fsp3) is 0.500. The minimum atomic E-state index is -0.683. The number of ether oxygens (including phenoxy) is 3. The summed E-state index contributed by atoms with van der Waals surface area (Å²) in [4.78, 5) is 42.7. The Kier molecular flexibility index (Phi) is 10.6. The van der Waals surface area contributed by atoms with Gasteiger partial charge >= 0.3 is 0 Å². The number of rotatable bonds is 7. The summed E-state index contributed by atoms with van der Waals surface area (Å²) >= 11 is 0. The molecule has 0 radical (unpaired) electrons. The predicted octanol–water partition coefficient (Wildman–Crippen LogP) is 3.32. The van der Waals surface area contributed by atoms with Gasteiger partial charge < -0.3 is 30.2 Å². The summed E-state index contributed by atoms with van der Waals surface area (Å²) in [5.41, 5.74) is 1.00. The first-order valence-electron chi connectivity index (χ1n) is 15.5. The zero-order chi connectivity index (χ0) is 30.9. The van der Waals surface area contributed by atoms with Crippen LogP contribution in [0.15, 0.2) is 60.7 Å². The Morgan fingerprint density at radius 3 is 2.45 bits per heavy atom. The average molecular weight is 605 g/mol. The molecule has 3 amide bonds. The lowest BCUT2D eigenvalue weighted by Crippen LogP contribution is -2.58. The van der Waals surface area contributed by atoms with Crippen LogP contribution in [0.5, 0.6) is 11.5 Å². The van der Waals surface area contributed by atoms with E-state index >= 15 is 0 Å². The fourth-order valence-electron chi connectivity index (χ4n) is 6.48. The zero-order valence-corrected chi connectivity index (χ0v) is 25.7. The number of nitrogens with zero attached hydrogens (tertiary/aromatic N) is 1. The van der Waals surface area contributed by atoms with E-state index < -0.39 is 11.5 Å². The van der Waals surface area contributed by atoms with Gasteiger partial charge in [-0.05, 0) is 43.6 Å². The SMILES string of the molecule is COc1cc(NC(=O)CN2CC[C@@H]3NC(=O)[C@@H](Cc4ccccc4)NC(=O)C4(C/C=C/C[C@@H]3C2)CCOCC4)cc(OC)c1. The molecule has 3 heterocycles. The molecule has 44 heavy (non-hydrogen) atoms. The number of allylic oxidation sites excluding steroid dienone is 2. The molecular weight excluding hydrogens is 560 g/mol. The molecule has 2 fully saturated rings. The van der Waals surface area contributed by atoms with Crippen molar-refractivity contribution in [3.05, 3.63) is 66.2 Å². The Morgan fingerprint density at radius 2 is 1.75 bits per heavy atom. The van der Waals surface area contributed by atoms with Crippen LogP contribution < -0.4 is 25.4 Å². The topological polar surface area (TPSA) is 118 Å². The first-order chi connectivity index (χ1) is 21.4. The summed E-state index contributed by atoms with van der Waals surface area (Å²) in [6.45, 7) is 2.62. The third-order valence-corrected chi connectivity index (χ3v) is 9.10. The summed E-state index contributed by atoms with van der Waals surface area (Å²) in [6, 6.07) is 14.3. The predicted molar refractivity (Wildman–Crippen MR) is 168 cm³/mol. The second kappa shape index (κ2) is 14.7. The molecule has 0 aromatic heterocycles. The van der Waals surface area contributed by atoms with Crippen molar-refractivity contribution >= 4 is 23.4 Å². The zero-order valence-electron chi connectivity index (χ0n) is 25.7. The highest BCUT2D eigenvalue weighted by Gasteiger charge is 2.41. The lowest BCUT2D eigenvalue weighted by atomic mass is 9.75. The van der Waals surface area contributed by atoms with E-state index in [0.717, 1.165) is 12.0 Å². The second-order valence-corrected chi connectivity index (χ2v) is 12.1. The van der Waals surface area contributed by atoms with Gasteiger partial charge in [0.25, 0.3) is 0 Å². The van der Waals surface area contributed by atoms with Gasteiger partial charge in [0.05, 0.1) is 26.2 Å². The Balaban J connectivity index is 1.30. The highest BCUT2D eigenvalue weighted by Crippen LogP contribution is 2.36. The maximum atomic E-state index is 13.8. The van der Waals surface area contributed by atoms with Crippen molar-refractivity contribution in [1.29, 1.82) is 0 Å². The van der Waals surface area contributed by atoms with E-state index in [-0.39, 0.29) is 36.2 Å². The molecule has 0 aliphatic carbocycles. The van der Waals surface area contributed by atoms with Crippen molar-refractivity contribution in [3.8, 4) is 11.5 Å². The van der Waals surface area contributed by atoms with Gasteiger partial charge in [-0.3, -0.25) is 19.3 Å². The molecule has 1 spiro atoms. The number of carbonyl (C=O) groups is 3. The molecule has 3 atom stereocenters. The van der Waals surface area contributed by atoms with Crippen molar-refractivity contribution in [2.75, 3.05) is 52.4 Å². The minimum absolute atomic E-state index is 0.0688. The van der Waals surface area contributed by atoms with Crippen LogP contribution in [-0.4, -0.2) is 81.8 Å². The van der Waals surface area contributed by atoms with Gasteiger partial charge in [0, 0.05) is 62.7 Å². The molecule has 2 saturated heterocycles. The summed E-state index contributed by atoms with van der Waals surface area (Å²) in [5.74, 6) is 0.946. The van der Waals surface area contributed by atoms with Crippen LogP contribution in [0.4, 0.5) is 5.69 Å². The van der Waals surface area contributed by atoms with Gasteiger partial charge in [0.15, 0.2) is 0 Å². The van der Waals surface area contributed by atoms with Crippen LogP contribution in [-0.2, 0) is 25.5 Å². The number of likely N-dealkylation sites (tertiary alicyclic amines) is 1. The van der Waals surface area contributed by atoms with Gasteiger partial charge in [-0.2, -0.15) is 0 Å². The van der Waals surface area contributed by atoms with Crippen molar-refractivity contribution in [2.24, 2.45) is 11.3 Å². The molecule has 236 valence electrons. The molecule has 10 nitrogen and oxygen atoms in total. The van der Waals surface area contributed by atoms with Gasteiger partial charge in [-0.1, -0.05) is 42.5 Å². The number of carbonyl (C=O) groups excluding carboxylic acids is 3. The normalized spacial score (nSPS) is 24.9. The van der Waals surface area contributed by atoms with E-state index in [9.17, 15) is 14.4 Å². The molecule has 2 aromatic rings. The number of hydrogen-bond donors (Lipinski definition) is 3. The molecule has 0 unspecified atom stereocenters. The summed E-state index contributed by atoms with van der Waals surface area (Å²) in [6.07, 6.45) is 7.98. The maximum Gasteiger partial charge on any atom is 0.243 e. The monoisotopic (exact) mass is 604 g/mol. The average Bonchev–Trinajstić information content (AvgIpc) is 3.04. The number of amides is 3. The van der Waals surface area contributed by atoms with Crippen LogP contribution in [0.25, 0.3) is 0 Å². The number of anilines is 1. The number of nitrogens with one attached hydrogen (secondary N) is 3. The summed E-state index contributed by atoms with van der Waals surface area (Å²) in [7, 11) is 3.14. The molecule has 3 aliphatic rings. The Bertz CT molecular complexity index is 1300. The number of benzene rings is 2. The van der Waals surface area contributed by atoms with E-state index in [2.05, 4.69) is 33.0 Å². The standard InChI is InChI=1S/C34H44N4O6/c1-42-27-19-26(20-28(21-27)43-2)35-31(39)23-38-15-11-29-25(22-38)10-6-7-12-34(13-16-44-17-14-34)33(41)37-30(32(40)36-29)18-24-8-4-3-5-9-24/h3-9,19-21,25,29-30H,10-18,22-23H2,1-2H3,(H,35,39)(H,36,40)(H,37,41)/b7-6+/t25-,29+,30-/m1/s1. The number of methoxy groups -OCH3 is 2. The molecule has 3 aliphatic heterocycles. The lowest BCUT2D eigenvalue weighted by molar-refractivity contribution is -0.140. The largest absolute Gasteiger partial charge is 0.497 e. The van der Waals surface area contributed by atoms with E-state index in [0.29, 0.717) is 75.6 Å². The van der Waals surface area contributed by atoms with Crippen LogP contribution in [0.3, 0.4) is 0 Å². The summed E-state index contributed by atoms with van der Waals surface area (Å²) in [5, 5.41) is 9.40. The van der Waals surface area contributed by atoms with E-state index in [1.807, 2.05) is 30.3 Å². The number of hydrogen-bond acceptors (Lipinski definition) is 7. The van der Waals surface area contributed by atoms with Crippen molar-refractivity contribution in [3.63, 3.8) is 0 Å². The van der Waals surface area contributed by atoms with Gasteiger partial charge in [-0.15, -0.1) is 0 Å². The smallest absolute Gasteiger partial charge is 0.243 e. The maximum absolute atomic E-state index is 13.8. The number of piperidine rings is 1. The highest BCUT2D eigenvalue weighted by atomic mass is 16.5. The van der Waals surface area contributed by atoms with E-state index in [1.54, 1.807) is 32.4 Å². The quantitative estimate of drug-likeness (QED) is 0.415. The van der Waals surface area contributed by atoms with Crippen LogP contribution in [0, 0.1) is 11.3 Å². The molecular formula is C34H44N4O6. The molecule has 3 N–H and O–H groups in total. The second-order valence-electron chi connectivity index (χ2n) is 12.1. The third kappa shape index (κ3) is 7.98. The van der Waals surface area contributed by atoms with Crippen molar-refractivity contribution < 1.29 is 28.6 Å². The molecule has 0 saturated carbocycles. The van der Waals surface area contributed by atoms with Gasteiger partial charge in [0.2, 0.25) is 17.7 Å². The van der Waals surface area contributed by atoms with Gasteiger partial charge in [0.1, 0.15) is 17.5 Å². The Hall–Kier alpha value is -3.89. The Labute approximate surface area is 259 Å². The van der Waals surface area contributed by atoms with E-state index in [1.165, 1.54) is 0 Å². The molecule has 5 rings (SSSR count). The highest BCUT2D eigenvalue weighted by molar-refractivity contribution is 5.93. The van der Waals surface area contributed by atoms with Crippen LogP contribution in [0.2, 0.25) is 0 Å². The fourth-order valence-corrected chi connectivity index (χ4v) is 6.48. The lowest BCUT2D eigenvalue weighted by Gasteiger charge is -2.40. The minimum Gasteiger partial charge on any atom is -0.497 e. The Morgan fingerprint density at radius 1 is 1.02 bits per heavy atom. The number of fused-ring (bicyclic) bond motifs is 1. The van der Waals surface area contributed by atoms with Crippen molar-refractivity contribution in [2.45, 2.75) is 50.6 Å². The first kappa shape index (κ1) is 31.5.